The molecular weight excluding hydrogens is 196 g/mol. The Hall–Kier alpha value is -0.990. The molecule has 0 saturated heterocycles. The third kappa shape index (κ3) is 1.63. The van der Waals surface area contributed by atoms with Gasteiger partial charge in [0, 0.05) is 23.1 Å². The third-order valence-electron chi connectivity index (χ3n) is 2.29. The van der Waals surface area contributed by atoms with Crippen LogP contribution in [0.15, 0.2) is 24.4 Å². The van der Waals surface area contributed by atoms with Crippen LogP contribution in [-0.4, -0.2) is 11.0 Å². The standard InChI is InChI=1S/C11H13ClN2/c1-7(13)5-8-3-2-4-10-11(8)9(12)6-14-10/h2-4,6-7,14H,5,13H2,1H3. The maximum atomic E-state index is 6.09. The summed E-state index contributed by atoms with van der Waals surface area (Å²) in [5, 5.41) is 1.88. The number of aromatic amines is 1. The van der Waals surface area contributed by atoms with Gasteiger partial charge in [0.25, 0.3) is 0 Å². The molecule has 3 heteroatoms. The van der Waals surface area contributed by atoms with Gasteiger partial charge in [-0.2, -0.15) is 0 Å². The van der Waals surface area contributed by atoms with Gasteiger partial charge in [-0.15, -0.1) is 0 Å². The lowest BCUT2D eigenvalue weighted by Crippen LogP contribution is -2.17. The maximum absolute atomic E-state index is 6.09. The molecule has 1 aromatic heterocycles. The minimum absolute atomic E-state index is 0.159. The van der Waals surface area contributed by atoms with Crippen LogP contribution in [0.4, 0.5) is 0 Å². The van der Waals surface area contributed by atoms with Crippen molar-refractivity contribution < 1.29 is 0 Å². The van der Waals surface area contributed by atoms with Crippen LogP contribution in [0.2, 0.25) is 5.02 Å². The van der Waals surface area contributed by atoms with Crippen molar-refractivity contribution in [3.63, 3.8) is 0 Å². The number of H-pyrrole nitrogens is 1. The van der Waals surface area contributed by atoms with Crippen molar-refractivity contribution >= 4 is 22.5 Å². The maximum Gasteiger partial charge on any atom is 0.0662 e. The fourth-order valence-corrected chi connectivity index (χ4v) is 2.01. The minimum Gasteiger partial charge on any atom is -0.360 e. The van der Waals surface area contributed by atoms with Gasteiger partial charge >= 0.3 is 0 Å². The highest BCUT2D eigenvalue weighted by atomic mass is 35.5. The highest BCUT2D eigenvalue weighted by Gasteiger charge is 2.07. The average molecular weight is 209 g/mol. The van der Waals surface area contributed by atoms with E-state index >= 15 is 0 Å². The van der Waals surface area contributed by atoms with E-state index in [0.717, 1.165) is 22.3 Å². The Morgan fingerprint density at radius 3 is 3.00 bits per heavy atom. The molecule has 1 heterocycles. The first-order valence-corrected chi connectivity index (χ1v) is 5.06. The second kappa shape index (κ2) is 3.64. The number of benzene rings is 1. The summed E-state index contributed by atoms with van der Waals surface area (Å²) < 4.78 is 0. The summed E-state index contributed by atoms with van der Waals surface area (Å²) >= 11 is 6.09. The summed E-state index contributed by atoms with van der Waals surface area (Å²) in [6.07, 6.45) is 2.67. The second-order valence-electron chi connectivity index (χ2n) is 3.66. The molecule has 0 fully saturated rings. The van der Waals surface area contributed by atoms with Crippen molar-refractivity contribution in [1.29, 1.82) is 0 Å². The zero-order chi connectivity index (χ0) is 10.1. The van der Waals surface area contributed by atoms with E-state index in [0.29, 0.717) is 0 Å². The highest BCUT2D eigenvalue weighted by molar-refractivity contribution is 6.35. The topological polar surface area (TPSA) is 41.8 Å². The zero-order valence-electron chi connectivity index (χ0n) is 8.05. The molecule has 0 radical (unpaired) electrons. The molecule has 2 rings (SSSR count). The van der Waals surface area contributed by atoms with E-state index in [1.165, 1.54) is 5.56 Å². The van der Waals surface area contributed by atoms with E-state index in [9.17, 15) is 0 Å². The summed E-state index contributed by atoms with van der Waals surface area (Å²) in [4.78, 5) is 3.13. The van der Waals surface area contributed by atoms with E-state index < -0.39 is 0 Å². The van der Waals surface area contributed by atoms with E-state index in [1.54, 1.807) is 0 Å². The van der Waals surface area contributed by atoms with Crippen LogP contribution in [0, 0.1) is 0 Å². The number of hydrogen-bond acceptors (Lipinski definition) is 1. The molecule has 0 aliphatic rings. The SMILES string of the molecule is CC(N)Cc1cccc2[nH]cc(Cl)c12. The Labute approximate surface area is 88.1 Å². The van der Waals surface area contributed by atoms with Gasteiger partial charge in [0.1, 0.15) is 0 Å². The molecule has 2 nitrogen and oxygen atoms in total. The van der Waals surface area contributed by atoms with E-state index in [-0.39, 0.29) is 6.04 Å². The van der Waals surface area contributed by atoms with Crippen molar-refractivity contribution in [3.05, 3.63) is 35.0 Å². The van der Waals surface area contributed by atoms with Gasteiger partial charge in [0.2, 0.25) is 0 Å². The van der Waals surface area contributed by atoms with E-state index in [4.69, 9.17) is 17.3 Å². The van der Waals surface area contributed by atoms with Crippen molar-refractivity contribution in [2.45, 2.75) is 19.4 Å². The molecule has 0 aliphatic heterocycles. The first-order chi connectivity index (χ1) is 6.68. The summed E-state index contributed by atoms with van der Waals surface area (Å²) in [7, 11) is 0. The minimum atomic E-state index is 0.159. The fraction of sp³-hybridized carbons (Fsp3) is 0.273. The normalized spacial score (nSPS) is 13.4. The van der Waals surface area contributed by atoms with Crippen LogP contribution < -0.4 is 5.73 Å². The number of nitrogens with one attached hydrogen (secondary N) is 1. The quantitative estimate of drug-likeness (QED) is 0.783. The number of fused-ring (bicyclic) bond motifs is 1. The summed E-state index contributed by atoms with van der Waals surface area (Å²) in [6, 6.07) is 6.27. The number of nitrogens with two attached hydrogens (primary N) is 1. The van der Waals surface area contributed by atoms with Crippen LogP contribution >= 0.6 is 11.6 Å². The molecule has 74 valence electrons. The van der Waals surface area contributed by atoms with Gasteiger partial charge in [-0.3, -0.25) is 0 Å². The Bertz CT molecular complexity index is 445. The summed E-state index contributed by atoms with van der Waals surface area (Å²) in [6.45, 7) is 2.00. The number of aromatic nitrogens is 1. The van der Waals surface area contributed by atoms with Crippen molar-refractivity contribution in [2.75, 3.05) is 0 Å². The van der Waals surface area contributed by atoms with Crippen LogP contribution in [-0.2, 0) is 6.42 Å². The lowest BCUT2D eigenvalue weighted by molar-refractivity contribution is 0.742. The van der Waals surface area contributed by atoms with Crippen LogP contribution in [0.1, 0.15) is 12.5 Å². The first kappa shape index (κ1) is 9.56. The number of hydrogen-bond donors (Lipinski definition) is 2. The second-order valence-corrected chi connectivity index (χ2v) is 4.06. The first-order valence-electron chi connectivity index (χ1n) is 4.68. The molecular formula is C11H13ClN2. The summed E-state index contributed by atoms with van der Waals surface area (Å²) in [5.41, 5.74) is 8.07. The third-order valence-corrected chi connectivity index (χ3v) is 2.58. The molecule has 2 aromatic rings. The van der Waals surface area contributed by atoms with Crippen molar-refractivity contribution in [2.24, 2.45) is 5.73 Å². The predicted octanol–water partition coefficient (Wildman–Crippen LogP) is 2.71. The molecule has 14 heavy (non-hydrogen) atoms. The molecule has 1 unspecified atom stereocenters. The van der Waals surface area contributed by atoms with Crippen LogP contribution in [0.5, 0.6) is 0 Å². The lowest BCUT2D eigenvalue weighted by Gasteiger charge is -2.06. The van der Waals surface area contributed by atoms with Crippen LogP contribution in [0.3, 0.4) is 0 Å². The predicted molar refractivity (Wildman–Crippen MR) is 60.7 cm³/mol. The number of halogens is 1. The zero-order valence-corrected chi connectivity index (χ0v) is 8.81. The highest BCUT2D eigenvalue weighted by Crippen LogP contribution is 2.27. The lowest BCUT2D eigenvalue weighted by atomic mass is 10.0. The van der Waals surface area contributed by atoms with Crippen molar-refractivity contribution in [1.82, 2.24) is 4.98 Å². The fourth-order valence-electron chi connectivity index (χ4n) is 1.73. The Morgan fingerprint density at radius 2 is 2.29 bits per heavy atom. The Kier molecular flexibility index (Phi) is 2.48. The van der Waals surface area contributed by atoms with Crippen LogP contribution in [0.25, 0.3) is 10.9 Å². The Morgan fingerprint density at radius 1 is 1.50 bits per heavy atom. The van der Waals surface area contributed by atoms with Crippen molar-refractivity contribution in [3.8, 4) is 0 Å². The molecule has 0 saturated carbocycles. The van der Waals surface area contributed by atoms with Gasteiger partial charge in [0.15, 0.2) is 0 Å². The van der Waals surface area contributed by atoms with Gasteiger partial charge in [0.05, 0.1) is 5.02 Å². The number of rotatable bonds is 2. The van der Waals surface area contributed by atoms with E-state index in [1.807, 2.05) is 25.3 Å². The van der Waals surface area contributed by atoms with Gasteiger partial charge < -0.3 is 10.7 Å². The van der Waals surface area contributed by atoms with Gasteiger partial charge in [-0.05, 0) is 25.0 Å². The van der Waals surface area contributed by atoms with Gasteiger partial charge in [-0.1, -0.05) is 23.7 Å². The van der Waals surface area contributed by atoms with E-state index in [2.05, 4.69) is 11.1 Å². The molecule has 1 atom stereocenters. The molecule has 0 amide bonds. The monoisotopic (exact) mass is 208 g/mol. The molecule has 1 aromatic carbocycles. The molecule has 0 aliphatic carbocycles. The smallest absolute Gasteiger partial charge is 0.0662 e. The Balaban J connectivity index is 2.57. The summed E-state index contributed by atoms with van der Waals surface area (Å²) in [5.74, 6) is 0. The largest absolute Gasteiger partial charge is 0.360 e. The molecule has 0 spiro atoms. The molecule has 3 N–H and O–H groups in total. The molecule has 0 bridgehead atoms. The van der Waals surface area contributed by atoms with Gasteiger partial charge in [-0.25, -0.2) is 0 Å². The average Bonchev–Trinajstić information content (AvgIpc) is 2.48.